The molecule has 0 aliphatic heterocycles. The molecule has 0 spiro atoms. The summed E-state index contributed by atoms with van der Waals surface area (Å²) in [6, 6.07) is 7.68. The van der Waals surface area contributed by atoms with E-state index in [-0.39, 0.29) is 5.56 Å². The van der Waals surface area contributed by atoms with E-state index >= 15 is 0 Å². The van der Waals surface area contributed by atoms with E-state index in [9.17, 15) is 4.79 Å². The molecular formula is C14H16BrNO2. The molecule has 4 heteroatoms. The van der Waals surface area contributed by atoms with Gasteiger partial charge >= 0.3 is 0 Å². The van der Waals surface area contributed by atoms with Crippen LogP contribution in [0.2, 0.25) is 0 Å². The monoisotopic (exact) mass is 309 g/mol. The molecule has 0 unspecified atom stereocenters. The average Bonchev–Trinajstić information content (AvgIpc) is 2.36. The molecule has 96 valence electrons. The largest absolute Gasteiger partial charge is 0.494 e. The Morgan fingerprint density at radius 1 is 1.28 bits per heavy atom. The number of fused-ring (bicyclic) bond motifs is 1. The zero-order valence-electron chi connectivity index (χ0n) is 10.3. The zero-order chi connectivity index (χ0) is 13.0. The van der Waals surface area contributed by atoms with Crippen molar-refractivity contribution in [3.8, 4) is 5.75 Å². The van der Waals surface area contributed by atoms with Crippen molar-refractivity contribution in [2.75, 3.05) is 11.9 Å². The SMILES string of the molecule is Cc1cc2ccc(OCCCCBr)cc2[nH]c1=O. The van der Waals surface area contributed by atoms with Crippen LogP contribution in [-0.4, -0.2) is 16.9 Å². The summed E-state index contributed by atoms with van der Waals surface area (Å²) in [5, 5.41) is 2.03. The molecule has 0 aliphatic carbocycles. The van der Waals surface area contributed by atoms with Crippen molar-refractivity contribution in [1.82, 2.24) is 4.98 Å². The van der Waals surface area contributed by atoms with E-state index in [2.05, 4.69) is 20.9 Å². The summed E-state index contributed by atoms with van der Waals surface area (Å²) in [5.74, 6) is 0.802. The van der Waals surface area contributed by atoms with Gasteiger partial charge in [-0.3, -0.25) is 4.79 Å². The highest BCUT2D eigenvalue weighted by Crippen LogP contribution is 2.19. The van der Waals surface area contributed by atoms with E-state index in [1.54, 1.807) is 0 Å². The minimum absolute atomic E-state index is 0.0426. The Morgan fingerprint density at radius 3 is 2.89 bits per heavy atom. The number of unbranched alkanes of at least 4 members (excludes halogenated alkanes) is 1. The molecule has 0 amide bonds. The second-order valence-electron chi connectivity index (χ2n) is 4.28. The highest BCUT2D eigenvalue weighted by Gasteiger charge is 2.01. The standard InChI is InChI=1S/C14H16BrNO2/c1-10-8-11-4-5-12(18-7-3-2-6-15)9-13(11)16-14(10)17/h4-5,8-9H,2-3,6-7H2,1H3,(H,16,17). The molecule has 1 aromatic carbocycles. The van der Waals surface area contributed by atoms with Gasteiger partial charge in [0, 0.05) is 17.0 Å². The summed E-state index contributed by atoms with van der Waals surface area (Å²) in [6.07, 6.45) is 2.12. The van der Waals surface area contributed by atoms with Crippen LogP contribution in [0.15, 0.2) is 29.1 Å². The molecule has 2 rings (SSSR count). The third kappa shape index (κ3) is 3.13. The van der Waals surface area contributed by atoms with Crippen molar-refractivity contribution in [1.29, 1.82) is 0 Å². The van der Waals surface area contributed by atoms with Gasteiger partial charge in [-0.1, -0.05) is 15.9 Å². The lowest BCUT2D eigenvalue weighted by atomic mass is 10.1. The van der Waals surface area contributed by atoms with Crippen molar-refractivity contribution < 1.29 is 4.74 Å². The van der Waals surface area contributed by atoms with E-state index < -0.39 is 0 Å². The lowest BCUT2D eigenvalue weighted by Crippen LogP contribution is -2.08. The molecule has 0 saturated heterocycles. The summed E-state index contributed by atoms with van der Waals surface area (Å²) >= 11 is 3.39. The Bertz CT molecular complexity index is 592. The summed E-state index contributed by atoms with van der Waals surface area (Å²) in [5.41, 5.74) is 1.51. The van der Waals surface area contributed by atoms with Crippen LogP contribution in [0.1, 0.15) is 18.4 Å². The number of benzene rings is 1. The van der Waals surface area contributed by atoms with Gasteiger partial charge in [0.1, 0.15) is 5.75 Å². The molecular weight excluding hydrogens is 294 g/mol. The number of aromatic nitrogens is 1. The summed E-state index contributed by atoms with van der Waals surface area (Å²) in [7, 11) is 0. The highest BCUT2D eigenvalue weighted by molar-refractivity contribution is 9.09. The number of hydrogen-bond acceptors (Lipinski definition) is 2. The molecule has 0 fully saturated rings. The number of H-pyrrole nitrogens is 1. The Morgan fingerprint density at radius 2 is 2.11 bits per heavy atom. The number of nitrogens with one attached hydrogen (secondary N) is 1. The number of pyridine rings is 1. The number of ether oxygens (including phenoxy) is 1. The van der Waals surface area contributed by atoms with Crippen molar-refractivity contribution in [3.05, 3.63) is 40.2 Å². The van der Waals surface area contributed by atoms with E-state index in [0.29, 0.717) is 6.61 Å². The molecule has 0 radical (unpaired) electrons. The van der Waals surface area contributed by atoms with E-state index in [0.717, 1.165) is 40.4 Å². The van der Waals surface area contributed by atoms with E-state index in [1.807, 2.05) is 31.2 Å². The summed E-state index contributed by atoms with van der Waals surface area (Å²) in [4.78, 5) is 14.4. The molecule has 0 saturated carbocycles. The van der Waals surface area contributed by atoms with Gasteiger partial charge in [0.2, 0.25) is 0 Å². The molecule has 18 heavy (non-hydrogen) atoms. The van der Waals surface area contributed by atoms with Gasteiger partial charge in [-0.2, -0.15) is 0 Å². The topological polar surface area (TPSA) is 42.1 Å². The maximum absolute atomic E-state index is 11.5. The third-order valence-corrected chi connectivity index (χ3v) is 3.36. The lowest BCUT2D eigenvalue weighted by molar-refractivity contribution is 0.310. The Hall–Kier alpha value is -1.29. The normalized spacial score (nSPS) is 10.8. The maximum Gasteiger partial charge on any atom is 0.251 e. The highest BCUT2D eigenvalue weighted by atomic mass is 79.9. The fourth-order valence-corrected chi connectivity index (χ4v) is 2.16. The minimum atomic E-state index is -0.0426. The third-order valence-electron chi connectivity index (χ3n) is 2.80. The van der Waals surface area contributed by atoms with Gasteiger partial charge in [0.15, 0.2) is 0 Å². The van der Waals surface area contributed by atoms with Gasteiger partial charge in [-0.25, -0.2) is 0 Å². The number of alkyl halides is 1. The number of hydrogen-bond donors (Lipinski definition) is 1. The predicted molar refractivity (Wildman–Crippen MR) is 77.8 cm³/mol. The zero-order valence-corrected chi connectivity index (χ0v) is 11.9. The smallest absolute Gasteiger partial charge is 0.251 e. The van der Waals surface area contributed by atoms with Crippen LogP contribution < -0.4 is 10.3 Å². The first kappa shape index (κ1) is 13.1. The van der Waals surface area contributed by atoms with Gasteiger partial charge in [-0.05, 0) is 43.4 Å². The minimum Gasteiger partial charge on any atom is -0.494 e. The van der Waals surface area contributed by atoms with Crippen LogP contribution in [0.4, 0.5) is 0 Å². The molecule has 1 heterocycles. The van der Waals surface area contributed by atoms with E-state index in [4.69, 9.17) is 4.74 Å². The van der Waals surface area contributed by atoms with Crippen LogP contribution in [0.3, 0.4) is 0 Å². The molecule has 1 N–H and O–H groups in total. The predicted octanol–water partition coefficient (Wildman–Crippen LogP) is 3.39. The first-order valence-corrected chi connectivity index (χ1v) is 7.15. The number of halogens is 1. The van der Waals surface area contributed by atoms with Crippen LogP contribution in [0.5, 0.6) is 5.75 Å². The molecule has 0 atom stereocenters. The first-order valence-electron chi connectivity index (χ1n) is 6.03. The number of aromatic amines is 1. The lowest BCUT2D eigenvalue weighted by Gasteiger charge is -2.07. The Kier molecular flexibility index (Phi) is 4.42. The average molecular weight is 310 g/mol. The van der Waals surface area contributed by atoms with E-state index in [1.165, 1.54) is 0 Å². The molecule has 1 aromatic heterocycles. The second-order valence-corrected chi connectivity index (χ2v) is 5.07. The van der Waals surface area contributed by atoms with Crippen molar-refractivity contribution >= 4 is 26.8 Å². The Labute approximate surface area is 114 Å². The molecule has 3 nitrogen and oxygen atoms in total. The molecule has 2 aromatic rings. The van der Waals surface area contributed by atoms with Crippen LogP contribution in [0, 0.1) is 6.92 Å². The number of aryl methyl sites for hydroxylation is 1. The van der Waals surface area contributed by atoms with Gasteiger partial charge in [0.25, 0.3) is 5.56 Å². The van der Waals surface area contributed by atoms with Crippen molar-refractivity contribution in [3.63, 3.8) is 0 Å². The molecule has 0 bridgehead atoms. The summed E-state index contributed by atoms with van der Waals surface area (Å²) < 4.78 is 5.64. The van der Waals surface area contributed by atoms with Crippen LogP contribution in [0.25, 0.3) is 10.9 Å². The summed E-state index contributed by atoms with van der Waals surface area (Å²) in [6.45, 7) is 2.51. The van der Waals surface area contributed by atoms with Crippen LogP contribution in [-0.2, 0) is 0 Å². The Balaban J connectivity index is 2.17. The van der Waals surface area contributed by atoms with Gasteiger partial charge in [0.05, 0.1) is 12.1 Å². The van der Waals surface area contributed by atoms with Crippen molar-refractivity contribution in [2.45, 2.75) is 19.8 Å². The molecule has 0 aliphatic rings. The van der Waals surface area contributed by atoms with Crippen LogP contribution >= 0.6 is 15.9 Å². The second kappa shape index (κ2) is 6.05. The van der Waals surface area contributed by atoms with Gasteiger partial charge < -0.3 is 9.72 Å². The van der Waals surface area contributed by atoms with Crippen molar-refractivity contribution in [2.24, 2.45) is 0 Å². The fourth-order valence-electron chi connectivity index (χ4n) is 1.77. The van der Waals surface area contributed by atoms with Gasteiger partial charge in [-0.15, -0.1) is 0 Å². The quantitative estimate of drug-likeness (QED) is 0.679. The maximum atomic E-state index is 11.5. The first-order chi connectivity index (χ1) is 8.70. The number of rotatable bonds is 5. The fraction of sp³-hybridized carbons (Fsp3) is 0.357.